The second kappa shape index (κ2) is 12.4. The molecule has 2 aliphatic heterocycles. The third-order valence-electron chi connectivity index (χ3n) is 8.71. The minimum absolute atomic E-state index is 0.0719. The summed E-state index contributed by atoms with van der Waals surface area (Å²) >= 11 is 0. The van der Waals surface area contributed by atoms with Crippen LogP contribution in [0.4, 0.5) is 10.2 Å². The third kappa shape index (κ3) is 5.98. The summed E-state index contributed by atoms with van der Waals surface area (Å²) in [6.45, 7) is 9.10. The lowest BCUT2D eigenvalue weighted by atomic mass is 9.76. The minimum atomic E-state index is -0.216. The van der Waals surface area contributed by atoms with Crippen molar-refractivity contribution in [3.63, 3.8) is 0 Å². The Hall–Kier alpha value is -3.49. The number of hydrogen-bond donors (Lipinski definition) is 0. The fourth-order valence-electron chi connectivity index (χ4n) is 6.24. The lowest BCUT2D eigenvalue weighted by molar-refractivity contribution is -0.132. The van der Waals surface area contributed by atoms with Crippen LogP contribution in [0.25, 0.3) is 0 Å². The van der Waals surface area contributed by atoms with Gasteiger partial charge in [-0.1, -0.05) is 45.3 Å². The Labute approximate surface area is 236 Å². The van der Waals surface area contributed by atoms with E-state index < -0.39 is 0 Å². The van der Waals surface area contributed by atoms with Crippen molar-refractivity contribution >= 4 is 17.4 Å². The van der Waals surface area contributed by atoms with Gasteiger partial charge in [0, 0.05) is 49.8 Å². The van der Waals surface area contributed by atoms with E-state index in [4.69, 9.17) is 9.84 Å². The first-order valence-corrected chi connectivity index (χ1v) is 14.6. The summed E-state index contributed by atoms with van der Waals surface area (Å²) in [7, 11) is 1.59. The van der Waals surface area contributed by atoms with Crippen molar-refractivity contribution in [1.29, 1.82) is 0 Å². The van der Waals surface area contributed by atoms with Crippen LogP contribution in [0.3, 0.4) is 0 Å². The second-order valence-corrected chi connectivity index (χ2v) is 11.3. The van der Waals surface area contributed by atoms with Gasteiger partial charge in [0.1, 0.15) is 24.5 Å². The number of nitrogens with zero attached hydrogens (tertiary/aromatic N) is 6. The first-order valence-electron chi connectivity index (χ1n) is 14.6. The molecule has 1 saturated carbocycles. The third-order valence-corrected chi connectivity index (χ3v) is 8.71. The molecule has 3 aliphatic rings. The molecule has 1 aliphatic carbocycles. The van der Waals surface area contributed by atoms with Crippen molar-refractivity contribution in [3.8, 4) is 5.88 Å². The fraction of sp³-hybridized carbons (Fsp3) is 0.548. The van der Waals surface area contributed by atoms with E-state index in [1.54, 1.807) is 14.0 Å². The van der Waals surface area contributed by atoms with Crippen molar-refractivity contribution in [2.75, 3.05) is 44.7 Å². The van der Waals surface area contributed by atoms with Gasteiger partial charge < -0.3 is 14.5 Å². The van der Waals surface area contributed by atoms with Crippen LogP contribution in [0, 0.1) is 30.5 Å². The summed E-state index contributed by atoms with van der Waals surface area (Å²) in [5, 5.41) is 7.12. The highest BCUT2D eigenvalue weighted by molar-refractivity contribution is 6.04. The number of halogens is 1. The number of anilines is 1. The number of allylic oxidation sites excluding steroid dienone is 2. The highest BCUT2D eigenvalue weighted by Gasteiger charge is 2.34. The van der Waals surface area contributed by atoms with Crippen molar-refractivity contribution in [2.45, 2.75) is 52.9 Å². The first kappa shape index (κ1) is 28.1. The molecule has 3 atom stereocenters. The Morgan fingerprint density at radius 3 is 2.58 bits per heavy atom. The molecule has 2 aromatic rings. The van der Waals surface area contributed by atoms with E-state index in [1.165, 1.54) is 37.4 Å². The summed E-state index contributed by atoms with van der Waals surface area (Å²) in [5.74, 6) is 2.26. The van der Waals surface area contributed by atoms with Crippen molar-refractivity contribution in [2.24, 2.45) is 22.9 Å². The molecule has 1 amide bonds. The van der Waals surface area contributed by atoms with E-state index in [1.807, 2.05) is 28.1 Å². The predicted octanol–water partition coefficient (Wildman–Crippen LogP) is 5.04. The van der Waals surface area contributed by atoms with Gasteiger partial charge in [-0.2, -0.15) is 5.10 Å². The number of aryl methyl sites for hydroxylation is 1. The fourth-order valence-corrected chi connectivity index (χ4v) is 6.24. The van der Waals surface area contributed by atoms with Crippen LogP contribution in [-0.4, -0.2) is 71.3 Å². The average Bonchev–Trinajstić information content (AvgIpc) is 2.99. The molecule has 0 spiro atoms. The molecule has 0 N–H and O–H groups in total. The van der Waals surface area contributed by atoms with Crippen molar-refractivity contribution < 1.29 is 13.9 Å². The lowest BCUT2D eigenvalue weighted by Crippen LogP contribution is -2.51. The van der Waals surface area contributed by atoms with Gasteiger partial charge in [-0.25, -0.2) is 14.4 Å². The number of carbonyl (C=O) groups excluding carboxylic acids is 1. The van der Waals surface area contributed by atoms with E-state index in [0.717, 1.165) is 29.9 Å². The maximum atomic E-state index is 14.1. The van der Waals surface area contributed by atoms with Gasteiger partial charge in [-0.05, 0) is 48.9 Å². The molecular formula is C31H41FN6O2. The number of carbonyl (C=O) groups is 1. The van der Waals surface area contributed by atoms with E-state index in [2.05, 4.69) is 34.8 Å². The Morgan fingerprint density at radius 1 is 1.10 bits per heavy atom. The zero-order chi connectivity index (χ0) is 28.2. The van der Waals surface area contributed by atoms with Gasteiger partial charge in [0.2, 0.25) is 11.8 Å². The molecule has 9 heteroatoms. The molecule has 8 nitrogen and oxygen atoms in total. The number of amides is 1. The highest BCUT2D eigenvalue weighted by atomic mass is 19.1. The van der Waals surface area contributed by atoms with Crippen LogP contribution in [0.1, 0.15) is 57.1 Å². The molecule has 3 unspecified atom stereocenters. The number of benzene rings is 1. The maximum absolute atomic E-state index is 14.1. The summed E-state index contributed by atoms with van der Waals surface area (Å²) in [6, 6.07) is 7.03. The first-order chi connectivity index (χ1) is 19.4. The molecule has 5 rings (SSSR count). The average molecular weight is 549 g/mol. The number of hydrazone groups is 1. The maximum Gasteiger partial charge on any atom is 0.244 e. The smallest absolute Gasteiger partial charge is 0.244 e. The van der Waals surface area contributed by atoms with Crippen molar-refractivity contribution in [1.82, 2.24) is 19.9 Å². The Morgan fingerprint density at radius 2 is 1.88 bits per heavy atom. The zero-order valence-electron chi connectivity index (χ0n) is 24.1. The molecule has 1 aromatic carbocycles. The summed E-state index contributed by atoms with van der Waals surface area (Å²) < 4.78 is 19.3. The van der Waals surface area contributed by atoms with Crippen LogP contribution >= 0.6 is 0 Å². The highest BCUT2D eigenvalue weighted by Crippen LogP contribution is 2.39. The quantitative estimate of drug-likeness (QED) is 0.483. The van der Waals surface area contributed by atoms with Gasteiger partial charge in [0.15, 0.2) is 0 Å². The van der Waals surface area contributed by atoms with Gasteiger partial charge in [-0.15, -0.1) is 0 Å². The molecule has 2 fully saturated rings. The van der Waals surface area contributed by atoms with Crippen LogP contribution in [-0.2, 0) is 4.79 Å². The van der Waals surface area contributed by atoms with Crippen LogP contribution < -0.4 is 9.64 Å². The monoisotopic (exact) mass is 548 g/mol. The molecule has 0 bridgehead atoms. The largest absolute Gasteiger partial charge is 0.481 e. The summed E-state index contributed by atoms with van der Waals surface area (Å²) in [4.78, 5) is 26.2. The Bertz CT molecular complexity index is 1270. The van der Waals surface area contributed by atoms with E-state index in [-0.39, 0.29) is 24.2 Å². The topological polar surface area (TPSA) is 74.2 Å². The predicted molar refractivity (Wildman–Crippen MR) is 155 cm³/mol. The van der Waals surface area contributed by atoms with Gasteiger partial charge in [0.05, 0.1) is 12.8 Å². The number of aromatic nitrogens is 2. The van der Waals surface area contributed by atoms with E-state index >= 15 is 0 Å². The second-order valence-electron chi connectivity index (χ2n) is 11.3. The van der Waals surface area contributed by atoms with Crippen molar-refractivity contribution in [3.05, 3.63) is 59.3 Å². The molecule has 1 aromatic heterocycles. The van der Waals surface area contributed by atoms with Crippen LogP contribution in [0.15, 0.2) is 47.5 Å². The molecule has 3 heterocycles. The number of rotatable bonds is 7. The normalized spacial score (nSPS) is 23.5. The Balaban J connectivity index is 1.36. The van der Waals surface area contributed by atoms with Gasteiger partial charge in [0.25, 0.3) is 0 Å². The van der Waals surface area contributed by atoms with Crippen LogP contribution in [0.2, 0.25) is 0 Å². The molecule has 214 valence electrons. The number of ether oxygens (including phenoxy) is 1. The number of piperazine rings is 1. The number of hydrogen-bond acceptors (Lipinski definition) is 7. The molecule has 1 saturated heterocycles. The zero-order valence-corrected chi connectivity index (χ0v) is 24.1. The lowest BCUT2D eigenvalue weighted by Gasteiger charge is -2.40. The van der Waals surface area contributed by atoms with E-state index in [9.17, 15) is 9.18 Å². The standard InChI is InChI=1S/C31H41FN6O2/c1-5-23-17-27(25-9-7-6-8-21(25)2)38(35-31(23)24-10-11-26(32)22(3)16-24)19-30(39)37-14-12-36(13-15-37)28-18-29(40-4)34-20-33-28/h10-11,16-18,20-21,23,25H,5-9,12-15,19H2,1-4H3. The summed E-state index contributed by atoms with van der Waals surface area (Å²) in [5.41, 5.74) is 3.62. The molecular weight excluding hydrogens is 507 g/mol. The van der Waals surface area contributed by atoms with Gasteiger partial charge >= 0.3 is 0 Å². The minimum Gasteiger partial charge on any atom is -0.481 e. The molecule has 0 radical (unpaired) electrons. The molecule has 40 heavy (non-hydrogen) atoms. The van der Waals surface area contributed by atoms with E-state index in [0.29, 0.717) is 49.5 Å². The van der Waals surface area contributed by atoms with Gasteiger partial charge in [-0.3, -0.25) is 9.80 Å². The Kier molecular flexibility index (Phi) is 8.66. The SMILES string of the molecule is CCC1C=C(C2CCCCC2C)N(CC(=O)N2CCN(c3cc(OC)ncn3)CC2)N=C1c1ccc(F)c(C)c1. The summed E-state index contributed by atoms with van der Waals surface area (Å²) in [6.07, 6.45) is 9.53. The number of methoxy groups -OCH3 is 1. The van der Waals surface area contributed by atoms with Crippen LogP contribution in [0.5, 0.6) is 5.88 Å².